The third-order valence-corrected chi connectivity index (χ3v) is 4.97. The zero-order valence-electron chi connectivity index (χ0n) is 13.2. The van der Waals surface area contributed by atoms with Gasteiger partial charge in [0.15, 0.2) is 0 Å². The molecule has 1 aliphatic heterocycles. The molecule has 0 N–H and O–H groups in total. The quantitative estimate of drug-likeness (QED) is 0.565. The highest BCUT2D eigenvalue weighted by Gasteiger charge is 2.39. The van der Waals surface area contributed by atoms with E-state index >= 15 is 0 Å². The summed E-state index contributed by atoms with van der Waals surface area (Å²) in [5.74, 6) is 0.347. The molecule has 1 aromatic rings. The van der Waals surface area contributed by atoms with Crippen molar-refractivity contribution in [2.24, 2.45) is 0 Å². The lowest BCUT2D eigenvalue weighted by atomic mass is 9.93. The van der Waals surface area contributed by atoms with Gasteiger partial charge >= 0.3 is 0 Å². The van der Waals surface area contributed by atoms with Crippen molar-refractivity contribution >= 4 is 33.4 Å². The van der Waals surface area contributed by atoms with Crippen LogP contribution in [-0.2, 0) is 9.59 Å². The van der Waals surface area contributed by atoms with Crippen molar-refractivity contribution in [2.75, 3.05) is 11.5 Å². The molecule has 3 rings (SSSR count). The highest BCUT2D eigenvalue weighted by molar-refractivity contribution is 9.10. The number of hydrogen-bond donors (Lipinski definition) is 0. The topological polar surface area (TPSA) is 46.6 Å². The van der Waals surface area contributed by atoms with Crippen LogP contribution in [0.5, 0.6) is 5.75 Å². The molecule has 1 heterocycles. The Balaban J connectivity index is 1.86. The van der Waals surface area contributed by atoms with Crippen molar-refractivity contribution in [1.29, 1.82) is 0 Å². The third-order valence-electron chi connectivity index (χ3n) is 4.32. The third kappa shape index (κ3) is 3.07. The molecule has 1 aromatic carbocycles. The normalized spacial score (nSPS) is 17.7. The van der Waals surface area contributed by atoms with Crippen LogP contribution in [0.2, 0.25) is 0 Å². The van der Waals surface area contributed by atoms with Gasteiger partial charge in [-0.25, -0.2) is 4.90 Å². The molecular formula is C18H20BrNO3. The molecule has 2 amide bonds. The SMILES string of the molecule is CCCCOc1cc(N2C(=O)C3=C(CCCC3)C2=O)ccc1Br. The Labute approximate surface area is 144 Å². The molecular weight excluding hydrogens is 358 g/mol. The number of rotatable bonds is 5. The van der Waals surface area contributed by atoms with Crippen LogP contribution in [-0.4, -0.2) is 18.4 Å². The second-order valence-electron chi connectivity index (χ2n) is 5.93. The average Bonchev–Trinajstić information content (AvgIpc) is 2.82. The summed E-state index contributed by atoms with van der Waals surface area (Å²) in [5, 5.41) is 0. The maximum atomic E-state index is 12.6. The lowest BCUT2D eigenvalue weighted by Crippen LogP contribution is -2.31. The number of carbonyl (C=O) groups excluding carboxylic acids is 2. The van der Waals surface area contributed by atoms with Crippen LogP contribution in [0.25, 0.3) is 0 Å². The molecule has 4 nitrogen and oxygen atoms in total. The molecule has 1 aliphatic carbocycles. The van der Waals surface area contributed by atoms with Gasteiger partial charge in [-0.1, -0.05) is 13.3 Å². The van der Waals surface area contributed by atoms with Crippen LogP contribution in [0.4, 0.5) is 5.69 Å². The number of amides is 2. The van der Waals surface area contributed by atoms with Crippen LogP contribution < -0.4 is 9.64 Å². The minimum Gasteiger partial charge on any atom is -0.492 e. The molecule has 5 heteroatoms. The first-order valence-corrected chi connectivity index (χ1v) is 8.96. The fourth-order valence-electron chi connectivity index (χ4n) is 3.04. The van der Waals surface area contributed by atoms with Crippen LogP contribution in [0.3, 0.4) is 0 Å². The number of unbranched alkanes of at least 4 members (excludes halogenated alkanes) is 1. The van der Waals surface area contributed by atoms with Gasteiger partial charge in [-0.05, 0) is 60.2 Å². The molecule has 0 unspecified atom stereocenters. The lowest BCUT2D eigenvalue weighted by molar-refractivity contribution is -0.120. The van der Waals surface area contributed by atoms with Crippen molar-refractivity contribution < 1.29 is 14.3 Å². The molecule has 0 saturated carbocycles. The van der Waals surface area contributed by atoms with E-state index in [1.807, 2.05) is 6.07 Å². The van der Waals surface area contributed by atoms with Crippen LogP contribution in [0, 0.1) is 0 Å². The summed E-state index contributed by atoms with van der Waals surface area (Å²) >= 11 is 3.46. The van der Waals surface area contributed by atoms with Gasteiger partial charge in [-0.2, -0.15) is 0 Å². The molecule has 2 aliphatic rings. The largest absolute Gasteiger partial charge is 0.492 e. The number of carbonyl (C=O) groups is 2. The number of halogens is 1. The van der Waals surface area contributed by atoms with Gasteiger partial charge in [0.25, 0.3) is 11.8 Å². The van der Waals surface area contributed by atoms with E-state index in [-0.39, 0.29) is 11.8 Å². The van der Waals surface area contributed by atoms with Crippen molar-refractivity contribution in [3.8, 4) is 5.75 Å². The molecule has 0 spiro atoms. The molecule has 0 fully saturated rings. The van der Waals surface area contributed by atoms with E-state index in [0.717, 1.165) is 30.2 Å². The Hall–Kier alpha value is -1.62. The number of nitrogens with zero attached hydrogens (tertiary/aromatic N) is 1. The van der Waals surface area contributed by atoms with E-state index < -0.39 is 0 Å². The number of hydrogen-bond acceptors (Lipinski definition) is 3. The molecule has 23 heavy (non-hydrogen) atoms. The molecule has 0 atom stereocenters. The van der Waals surface area contributed by atoms with Gasteiger partial charge in [0.05, 0.1) is 16.8 Å². The second kappa shape index (κ2) is 6.87. The summed E-state index contributed by atoms with van der Waals surface area (Å²) in [4.78, 5) is 26.5. The minimum absolute atomic E-state index is 0.161. The van der Waals surface area contributed by atoms with Gasteiger partial charge in [0.1, 0.15) is 5.75 Å². The maximum Gasteiger partial charge on any atom is 0.261 e. The molecule has 0 saturated heterocycles. The highest BCUT2D eigenvalue weighted by atomic mass is 79.9. The fraction of sp³-hybridized carbons (Fsp3) is 0.444. The second-order valence-corrected chi connectivity index (χ2v) is 6.78. The van der Waals surface area contributed by atoms with E-state index in [0.29, 0.717) is 42.0 Å². The van der Waals surface area contributed by atoms with Gasteiger partial charge < -0.3 is 4.74 Å². The van der Waals surface area contributed by atoms with E-state index in [4.69, 9.17) is 4.74 Å². The zero-order chi connectivity index (χ0) is 16.4. The number of anilines is 1. The molecule has 0 bridgehead atoms. The maximum absolute atomic E-state index is 12.6. The summed E-state index contributed by atoms with van der Waals surface area (Å²) < 4.78 is 6.58. The summed E-state index contributed by atoms with van der Waals surface area (Å²) in [6, 6.07) is 5.38. The summed E-state index contributed by atoms with van der Waals surface area (Å²) in [7, 11) is 0. The predicted molar refractivity (Wildman–Crippen MR) is 92.5 cm³/mol. The van der Waals surface area contributed by atoms with E-state index in [1.165, 1.54) is 4.90 Å². The van der Waals surface area contributed by atoms with Crippen molar-refractivity contribution in [3.05, 3.63) is 33.8 Å². The monoisotopic (exact) mass is 377 g/mol. The minimum atomic E-state index is -0.161. The van der Waals surface area contributed by atoms with Gasteiger partial charge in [0.2, 0.25) is 0 Å². The molecule has 122 valence electrons. The Morgan fingerprint density at radius 1 is 1.13 bits per heavy atom. The lowest BCUT2D eigenvalue weighted by Gasteiger charge is -2.17. The van der Waals surface area contributed by atoms with Gasteiger partial charge in [-0.15, -0.1) is 0 Å². The van der Waals surface area contributed by atoms with Gasteiger partial charge in [0, 0.05) is 17.2 Å². The van der Waals surface area contributed by atoms with Crippen molar-refractivity contribution in [2.45, 2.75) is 45.4 Å². The van der Waals surface area contributed by atoms with E-state index in [1.54, 1.807) is 12.1 Å². The predicted octanol–water partition coefficient (Wildman–Crippen LogP) is 4.37. The number of imide groups is 1. The smallest absolute Gasteiger partial charge is 0.261 e. The van der Waals surface area contributed by atoms with Crippen LogP contribution in [0.15, 0.2) is 33.8 Å². The Morgan fingerprint density at radius 3 is 2.39 bits per heavy atom. The number of ether oxygens (including phenoxy) is 1. The first kappa shape index (κ1) is 16.2. The van der Waals surface area contributed by atoms with E-state index in [9.17, 15) is 9.59 Å². The highest BCUT2D eigenvalue weighted by Crippen LogP contribution is 2.38. The summed E-state index contributed by atoms with van der Waals surface area (Å²) in [5.41, 5.74) is 2.00. The Bertz CT molecular complexity index is 653. The average molecular weight is 378 g/mol. The first-order chi connectivity index (χ1) is 11.1. The van der Waals surface area contributed by atoms with Crippen LogP contribution in [0.1, 0.15) is 45.4 Å². The van der Waals surface area contributed by atoms with Crippen LogP contribution >= 0.6 is 15.9 Å². The molecule has 0 radical (unpaired) electrons. The number of benzene rings is 1. The van der Waals surface area contributed by atoms with E-state index in [2.05, 4.69) is 22.9 Å². The van der Waals surface area contributed by atoms with Gasteiger partial charge in [-0.3, -0.25) is 9.59 Å². The fourth-order valence-corrected chi connectivity index (χ4v) is 3.40. The Kier molecular flexibility index (Phi) is 4.85. The zero-order valence-corrected chi connectivity index (χ0v) is 14.8. The first-order valence-electron chi connectivity index (χ1n) is 8.16. The summed E-state index contributed by atoms with van der Waals surface area (Å²) in [6.45, 7) is 2.72. The summed E-state index contributed by atoms with van der Waals surface area (Å²) in [6.07, 6.45) is 5.42. The van der Waals surface area contributed by atoms with Crippen molar-refractivity contribution in [1.82, 2.24) is 0 Å². The molecule has 0 aromatic heterocycles. The Morgan fingerprint density at radius 2 is 1.78 bits per heavy atom. The van der Waals surface area contributed by atoms with Crippen molar-refractivity contribution in [3.63, 3.8) is 0 Å². The standard InChI is InChI=1S/C18H20BrNO3/c1-2-3-10-23-16-11-12(8-9-15(16)19)20-17(21)13-6-4-5-7-14(13)18(20)22/h8-9,11H,2-7,10H2,1H3.